The van der Waals surface area contributed by atoms with Crippen molar-refractivity contribution < 1.29 is 19.1 Å². The van der Waals surface area contributed by atoms with E-state index in [0.717, 1.165) is 5.56 Å². The first-order valence-corrected chi connectivity index (χ1v) is 12.1. The average Bonchev–Trinajstić information content (AvgIpc) is 2.93. The molecule has 37 heavy (non-hydrogen) atoms. The maximum absolute atomic E-state index is 14.0. The van der Waals surface area contributed by atoms with Gasteiger partial charge in [-0.25, -0.2) is 0 Å². The summed E-state index contributed by atoms with van der Waals surface area (Å²) in [5.74, 6) is 0.213. The second-order valence-electron chi connectivity index (χ2n) is 8.66. The lowest BCUT2D eigenvalue weighted by Crippen LogP contribution is -2.46. The summed E-state index contributed by atoms with van der Waals surface area (Å²) < 4.78 is 10.7. The Bertz CT molecular complexity index is 1440. The monoisotopic (exact) mass is 512 g/mol. The van der Waals surface area contributed by atoms with Crippen molar-refractivity contribution in [2.45, 2.75) is 12.0 Å². The molecule has 0 spiro atoms. The molecule has 0 aromatic heterocycles. The lowest BCUT2D eigenvalue weighted by molar-refractivity contribution is -0.118. The molecule has 1 aliphatic heterocycles. The topological polar surface area (TPSA) is 67.9 Å². The maximum Gasteiger partial charge on any atom is 0.259 e. The van der Waals surface area contributed by atoms with Gasteiger partial charge in [0.15, 0.2) is 0 Å². The predicted molar refractivity (Wildman–Crippen MR) is 145 cm³/mol. The fourth-order valence-corrected chi connectivity index (χ4v) is 4.96. The Morgan fingerprint density at radius 3 is 2.14 bits per heavy atom. The third-order valence-electron chi connectivity index (χ3n) is 6.52. The van der Waals surface area contributed by atoms with Crippen LogP contribution in [0.25, 0.3) is 0 Å². The fraction of sp³-hybridized carbons (Fsp3) is 0.133. The maximum atomic E-state index is 14.0. The SMILES string of the molecule is COc1ccc([C@@H]2[C@@H](C(=O)Nc3cccc(Cl)c3)c3ccccc3C(=O)N2c2ccc(OC)cc2)cc1. The Morgan fingerprint density at radius 1 is 0.838 bits per heavy atom. The van der Waals surface area contributed by atoms with E-state index in [1.807, 2.05) is 54.6 Å². The smallest absolute Gasteiger partial charge is 0.259 e. The molecule has 186 valence electrons. The van der Waals surface area contributed by atoms with Gasteiger partial charge in [0.25, 0.3) is 5.91 Å². The quantitative estimate of drug-likeness (QED) is 0.321. The summed E-state index contributed by atoms with van der Waals surface area (Å²) in [6.45, 7) is 0. The third-order valence-corrected chi connectivity index (χ3v) is 6.76. The molecule has 6 nitrogen and oxygen atoms in total. The number of amides is 2. The van der Waals surface area contributed by atoms with E-state index in [0.29, 0.717) is 39.0 Å². The molecular formula is C30H25ClN2O4. The van der Waals surface area contributed by atoms with Gasteiger partial charge in [0, 0.05) is 22.0 Å². The molecule has 0 fully saturated rings. The van der Waals surface area contributed by atoms with Crippen LogP contribution in [0.1, 0.15) is 33.4 Å². The van der Waals surface area contributed by atoms with Gasteiger partial charge < -0.3 is 14.8 Å². The second-order valence-corrected chi connectivity index (χ2v) is 9.09. The number of fused-ring (bicyclic) bond motifs is 1. The zero-order valence-electron chi connectivity index (χ0n) is 20.4. The van der Waals surface area contributed by atoms with E-state index < -0.39 is 12.0 Å². The van der Waals surface area contributed by atoms with Crippen molar-refractivity contribution in [1.82, 2.24) is 0 Å². The highest BCUT2D eigenvalue weighted by Crippen LogP contribution is 2.46. The molecule has 0 radical (unpaired) electrons. The van der Waals surface area contributed by atoms with Gasteiger partial charge in [-0.2, -0.15) is 0 Å². The number of halogens is 1. The van der Waals surface area contributed by atoms with Gasteiger partial charge in [-0.05, 0) is 71.8 Å². The van der Waals surface area contributed by atoms with Crippen LogP contribution in [-0.2, 0) is 4.79 Å². The van der Waals surface area contributed by atoms with Gasteiger partial charge in [0.2, 0.25) is 5.91 Å². The second kappa shape index (κ2) is 10.4. The fourth-order valence-electron chi connectivity index (χ4n) is 4.77. The van der Waals surface area contributed by atoms with E-state index in [1.165, 1.54) is 0 Å². The van der Waals surface area contributed by atoms with Crippen LogP contribution in [0, 0.1) is 0 Å². The lowest BCUT2D eigenvalue weighted by atomic mass is 9.78. The normalized spacial score (nSPS) is 16.6. The Hall–Kier alpha value is -4.29. The van der Waals surface area contributed by atoms with Crippen LogP contribution in [0.2, 0.25) is 5.02 Å². The van der Waals surface area contributed by atoms with Crippen molar-refractivity contribution in [2.24, 2.45) is 0 Å². The van der Waals surface area contributed by atoms with E-state index >= 15 is 0 Å². The molecule has 0 saturated carbocycles. The molecule has 2 amide bonds. The Kier molecular flexibility index (Phi) is 6.84. The first-order chi connectivity index (χ1) is 18.0. The minimum absolute atomic E-state index is 0.187. The number of hydrogen-bond donors (Lipinski definition) is 1. The van der Waals surface area contributed by atoms with Crippen molar-refractivity contribution in [3.63, 3.8) is 0 Å². The summed E-state index contributed by atoms with van der Waals surface area (Å²) in [5.41, 5.74) is 3.18. The Balaban J connectivity index is 1.68. The van der Waals surface area contributed by atoms with Gasteiger partial charge in [-0.15, -0.1) is 0 Å². The summed E-state index contributed by atoms with van der Waals surface area (Å²) in [5, 5.41) is 3.53. The van der Waals surface area contributed by atoms with Gasteiger partial charge >= 0.3 is 0 Å². The van der Waals surface area contributed by atoms with E-state index in [4.69, 9.17) is 21.1 Å². The molecule has 0 aliphatic carbocycles. The molecule has 1 heterocycles. The van der Waals surface area contributed by atoms with Crippen molar-refractivity contribution in [2.75, 3.05) is 24.4 Å². The molecular weight excluding hydrogens is 488 g/mol. The Labute approximate surface area is 220 Å². The highest BCUT2D eigenvalue weighted by molar-refractivity contribution is 6.31. The first kappa shape index (κ1) is 24.4. The highest BCUT2D eigenvalue weighted by Gasteiger charge is 2.45. The zero-order valence-corrected chi connectivity index (χ0v) is 21.1. The van der Waals surface area contributed by atoms with Crippen LogP contribution in [0.3, 0.4) is 0 Å². The number of rotatable bonds is 6. The summed E-state index contributed by atoms with van der Waals surface area (Å²) in [6.07, 6.45) is 0. The molecule has 1 N–H and O–H groups in total. The molecule has 1 aliphatic rings. The number of nitrogens with one attached hydrogen (secondary N) is 1. The average molecular weight is 513 g/mol. The number of ether oxygens (including phenoxy) is 2. The first-order valence-electron chi connectivity index (χ1n) is 11.8. The predicted octanol–water partition coefficient (Wildman–Crippen LogP) is 6.48. The number of carbonyl (C=O) groups is 2. The third kappa shape index (κ3) is 4.76. The number of benzene rings is 4. The van der Waals surface area contributed by atoms with Crippen LogP contribution in [0.5, 0.6) is 11.5 Å². The summed E-state index contributed by atoms with van der Waals surface area (Å²) in [7, 11) is 3.19. The largest absolute Gasteiger partial charge is 0.497 e. The van der Waals surface area contributed by atoms with Crippen molar-refractivity contribution in [3.8, 4) is 11.5 Å². The van der Waals surface area contributed by atoms with Gasteiger partial charge in [0.05, 0.1) is 26.2 Å². The van der Waals surface area contributed by atoms with Crippen LogP contribution in [0.15, 0.2) is 97.1 Å². The van der Waals surface area contributed by atoms with Gasteiger partial charge in [-0.3, -0.25) is 14.5 Å². The number of hydrogen-bond acceptors (Lipinski definition) is 4. The van der Waals surface area contributed by atoms with Gasteiger partial charge in [-0.1, -0.05) is 48.0 Å². The number of nitrogens with zero attached hydrogens (tertiary/aromatic N) is 1. The Morgan fingerprint density at radius 2 is 1.49 bits per heavy atom. The highest BCUT2D eigenvalue weighted by atomic mass is 35.5. The summed E-state index contributed by atoms with van der Waals surface area (Å²) in [4.78, 5) is 29.7. The minimum Gasteiger partial charge on any atom is -0.497 e. The molecule has 7 heteroatoms. The molecule has 2 atom stereocenters. The van der Waals surface area contributed by atoms with Crippen LogP contribution >= 0.6 is 11.6 Å². The summed E-state index contributed by atoms with van der Waals surface area (Å²) >= 11 is 6.17. The summed E-state index contributed by atoms with van der Waals surface area (Å²) in [6, 6.07) is 28.3. The lowest BCUT2D eigenvalue weighted by Gasteiger charge is -2.42. The van der Waals surface area contributed by atoms with Crippen LogP contribution in [-0.4, -0.2) is 26.0 Å². The number of anilines is 2. The standard InChI is InChI=1S/C30H25ClN2O4/c1-36-23-14-10-19(11-15-23)28-27(29(34)32-21-7-5-6-20(31)18-21)25-8-3-4-9-26(25)30(35)33(28)22-12-16-24(37-2)17-13-22/h3-18,27-28H,1-2H3,(H,32,34)/t27-,28+/m0/s1. The molecule has 0 bridgehead atoms. The van der Waals surface area contributed by atoms with Crippen LogP contribution < -0.4 is 19.7 Å². The van der Waals surface area contributed by atoms with E-state index in [2.05, 4.69) is 5.32 Å². The van der Waals surface area contributed by atoms with Crippen molar-refractivity contribution in [3.05, 3.63) is 119 Å². The van der Waals surface area contributed by atoms with E-state index in [1.54, 1.807) is 61.6 Å². The number of carbonyl (C=O) groups excluding carboxylic acids is 2. The molecule has 0 unspecified atom stereocenters. The van der Waals surface area contributed by atoms with Gasteiger partial charge in [0.1, 0.15) is 11.5 Å². The molecule has 5 rings (SSSR count). The van der Waals surface area contributed by atoms with Crippen molar-refractivity contribution >= 4 is 34.8 Å². The molecule has 4 aromatic rings. The van der Waals surface area contributed by atoms with E-state index in [-0.39, 0.29) is 11.8 Å². The molecule has 4 aromatic carbocycles. The molecule has 0 saturated heterocycles. The zero-order chi connectivity index (χ0) is 25.9. The van der Waals surface area contributed by atoms with E-state index in [9.17, 15) is 9.59 Å². The minimum atomic E-state index is -0.705. The van der Waals surface area contributed by atoms with Crippen LogP contribution in [0.4, 0.5) is 11.4 Å². The van der Waals surface area contributed by atoms with Crippen molar-refractivity contribution in [1.29, 1.82) is 0 Å². The number of methoxy groups -OCH3 is 2.